The van der Waals surface area contributed by atoms with E-state index < -0.39 is 23.9 Å². The van der Waals surface area contributed by atoms with Crippen LogP contribution in [-0.4, -0.2) is 40.0 Å². The maximum absolute atomic E-state index is 11.2. The van der Waals surface area contributed by atoms with Crippen LogP contribution in [0.2, 0.25) is 0 Å². The normalized spacial score (nSPS) is 14.5. The Hall–Kier alpha value is -1.05. The Balaban J connectivity index is 0.00000441. The first-order valence-electron chi connectivity index (χ1n) is 6.76. The molecule has 0 aromatic heterocycles. The fraction of sp³-hybridized carbons (Fsp3) is 0.467. The second-order valence-electron chi connectivity index (χ2n) is 4.93. The average Bonchev–Trinajstić information content (AvgIpc) is 2.47. The lowest BCUT2D eigenvalue weighted by molar-refractivity contribution is -0.141. The molecule has 124 valence electrons. The maximum Gasteiger partial charge on any atom is 0.320 e. The number of hydrogen-bond acceptors (Lipinski definition) is 4. The Morgan fingerprint density at radius 3 is 2.23 bits per heavy atom. The zero-order chi connectivity index (χ0) is 15.8. The molecule has 1 unspecified atom stereocenters. The second-order valence-corrected chi connectivity index (χ2v) is 6.16. The minimum atomic E-state index is -0.940. The number of hydrogen-bond donors (Lipinski definition) is 3. The van der Waals surface area contributed by atoms with Crippen LogP contribution in [0.5, 0.6) is 0 Å². The highest BCUT2D eigenvalue weighted by Gasteiger charge is 2.25. The maximum atomic E-state index is 11.2. The summed E-state index contributed by atoms with van der Waals surface area (Å²) in [6.07, 6.45) is 0. The van der Waals surface area contributed by atoms with Crippen LogP contribution in [0.4, 0.5) is 0 Å². The van der Waals surface area contributed by atoms with Crippen LogP contribution in [0.1, 0.15) is 19.4 Å². The Labute approximate surface area is 145 Å². The van der Waals surface area contributed by atoms with E-state index in [2.05, 4.69) is 5.32 Å². The number of nitrogens with one attached hydrogen (secondary N) is 1. The number of carbonyl (C=O) groups is 2. The highest BCUT2D eigenvalue weighted by Crippen LogP contribution is 2.24. The predicted molar refractivity (Wildman–Crippen MR) is 93.7 cm³/mol. The van der Waals surface area contributed by atoms with E-state index in [1.807, 2.05) is 30.3 Å². The molecule has 0 aliphatic carbocycles. The van der Waals surface area contributed by atoms with Crippen LogP contribution in [0.3, 0.4) is 0 Å². The van der Waals surface area contributed by atoms with E-state index in [1.54, 1.807) is 13.8 Å². The van der Waals surface area contributed by atoms with Gasteiger partial charge in [0.15, 0.2) is 0 Å². The summed E-state index contributed by atoms with van der Waals surface area (Å²) < 4.78 is 0. The molecule has 0 radical (unpaired) electrons. The molecule has 0 spiro atoms. The average molecular weight is 392 g/mol. The summed E-state index contributed by atoms with van der Waals surface area (Å²) in [5, 5.41) is 20.7. The fourth-order valence-electron chi connectivity index (χ4n) is 1.70. The molecule has 7 heteroatoms. The molecule has 3 atom stereocenters. The smallest absolute Gasteiger partial charge is 0.320 e. The van der Waals surface area contributed by atoms with Crippen LogP contribution in [-0.2, 0) is 15.3 Å². The molecule has 5 nitrogen and oxygen atoms in total. The van der Waals surface area contributed by atoms with Crippen LogP contribution in [0, 0.1) is 5.92 Å². The van der Waals surface area contributed by atoms with Gasteiger partial charge in [-0.25, -0.2) is 0 Å². The van der Waals surface area contributed by atoms with Gasteiger partial charge in [0.25, 0.3) is 0 Å². The minimum absolute atomic E-state index is 0. The molecule has 0 amide bonds. The molecule has 22 heavy (non-hydrogen) atoms. The van der Waals surface area contributed by atoms with Gasteiger partial charge in [-0.2, -0.15) is 11.8 Å². The minimum Gasteiger partial charge on any atom is -0.481 e. The van der Waals surface area contributed by atoms with Crippen molar-refractivity contribution < 1.29 is 19.8 Å². The Morgan fingerprint density at radius 1 is 1.14 bits per heavy atom. The van der Waals surface area contributed by atoms with Gasteiger partial charge in [-0.3, -0.25) is 9.59 Å². The molecule has 0 aliphatic rings. The molecule has 0 saturated carbocycles. The SMILES string of the molecule is Br.C[C@H](NCC(SCc1ccccc1)[C@H](C)C(=O)O)C(=O)O. The number of benzene rings is 1. The van der Waals surface area contributed by atoms with Gasteiger partial charge in [0.05, 0.1) is 5.92 Å². The number of halogens is 1. The molecule has 0 aliphatic heterocycles. The number of rotatable bonds is 9. The standard InChI is InChI=1S/C15H21NO4S.BrH/c1-10(14(17)18)13(8-16-11(2)15(19)20)21-9-12-6-4-3-5-7-12;/h3-7,10-11,13,16H,8-9H2,1-2H3,(H,17,18)(H,19,20);1H/t10-,11-,13?;/m0./s1. The first kappa shape index (κ1) is 20.9. The molecule has 0 bridgehead atoms. The van der Waals surface area contributed by atoms with Crippen molar-refractivity contribution in [2.75, 3.05) is 6.54 Å². The topological polar surface area (TPSA) is 86.6 Å². The van der Waals surface area contributed by atoms with Gasteiger partial charge < -0.3 is 15.5 Å². The Kier molecular flexibility index (Phi) is 10.1. The summed E-state index contributed by atoms with van der Waals surface area (Å²) in [6.45, 7) is 3.54. The lowest BCUT2D eigenvalue weighted by Crippen LogP contribution is -2.41. The molecule has 3 N–H and O–H groups in total. The van der Waals surface area contributed by atoms with Crippen LogP contribution in [0.25, 0.3) is 0 Å². The van der Waals surface area contributed by atoms with E-state index in [0.29, 0.717) is 12.3 Å². The first-order valence-corrected chi connectivity index (χ1v) is 7.81. The number of aliphatic carboxylic acids is 2. The number of carboxylic acids is 2. The van der Waals surface area contributed by atoms with Crippen LogP contribution in [0.15, 0.2) is 30.3 Å². The monoisotopic (exact) mass is 391 g/mol. The van der Waals surface area contributed by atoms with Crippen molar-refractivity contribution >= 4 is 40.7 Å². The Morgan fingerprint density at radius 2 is 1.73 bits per heavy atom. The summed E-state index contributed by atoms with van der Waals surface area (Å²) in [5.41, 5.74) is 1.12. The van der Waals surface area contributed by atoms with E-state index in [0.717, 1.165) is 5.56 Å². The summed E-state index contributed by atoms with van der Waals surface area (Å²) in [6, 6.07) is 9.10. The molecule has 1 aromatic rings. The predicted octanol–water partition coefficient (Wildman–Crippen LogP) is 2.65. The van der Waals surface area contributed by atoms with Gasteiger partial charge in [0, 0.05) is 17.5 Å². The third-order valence-electron chi connectivity index (χ3n) is 3.25. The molecule has 0 saturated heterocycles. The van der Waals surface area contributed by atoms with Gasteiger partial charge in [0.1, 0.15) is 6.04 Å². The van der Waals surface area contributed by atoms with Gasteiger partial charge in [0.2, 0.25) is 0 Å². The van der Waals surface area contributed by atoms with E-state index in [4.69, 9.17) is 10.2 Å². The lowest BCUT2D eigenvalue weighted by atomic mass is 10.1. The van der Waals surface area contributed by atoms with Crippen molar-refractivity contribution in [2.24, 2.45) is 5.92 Å². The third-order valence-corrected chi connectivity index (χ3v) is 4.75. The van der Waals surface area contributed by atoms with Gasteiger partial charge in [-0.1, -0.05) is 37.3 Å². The highest BCUT2D eigenvalue weighted by molar-refractivity contribution is 8.93. The van der Waals surface area contributed by atoms with E-state index in [-0.39, 0.29) is 22.2 Å². The first-order chi connectivity index (χ1) is 9.91. The summed E-state index contributed by atoms with van der Waals surface area (Å²) >= 11 is 1.53. The second kappa shape index (κ2) is 10.6. The summed E-state index contributed by atoms with van der Waals surface area (Å²) in [4.78, 5) is 22.0. The Bertz CT molecular complexity index is 472. The zero-order valence-corrected chi connectivity index (χ0v) is 15.1. The van der Waals surface area contributed by atoms with Crippen molar-refractivity contribution in [2.45, 2.75) is 30.9 Å². The van der Waals surface area contributed by atoms with Gasteiger partial charge >= 0.3 is 11.9 Å². The zero-order valence-electron chi connectivity index (χ0n) is 12.6. The highest BCUT2D eigenvalue weighted by atomic mass is 79.9. The van der Waals surface area contributed by atoms with Crippen molar-refractivity contribution in [1.29, 1.82) is 0 Å². The third kappa shape index (κ3) is 7.29. The van der Waals surface area contributed by atoms with E-state index in [9.17, 15) is 9.59 Å². The molecule has 0 heterocycles. The lowest BCUT2D eigenvalue weighted by Gasteiger charge is -2.22. The number of carboxylic acid groups (broad SMARTS) is 2. The molecule has 0 fully saturated rings. The van der Waals surface area contributed by atoms with Crippen molar-refractivity contribution in [3.05, 3.63) is 35.9 Å². The van der Waals surface area contributed by atoms with Crippen LogP contribution >= 0.6 is 28.7 Å². The van der Waals surface area contributed by atoms with E-state index >= 15 is 0 Å². The summed E-state index contributed by atoms with van der Waals surface area (Å²) in [5.74, 6) is -1.66. The molecular weight excluding hydrogens is 370 g/mol. The van der Waals surface area contributed by atoms with E-state index in [1.165, 1.54) is 11.8 Å². The summed E-state index contributed by atoms with van der Waals surface area (Å²) in [7, 11) is 0. The molecular formula is C15H22BrNO4S. The molecule has 1 aromatic carbocycles. The van der Waals surface area contributed by atoms with Crippen molar-refractivity contribution in [3.63, 3.8) is 0 Å². The van der Waals surface area contributed by atoms with Crippen LogP contribution < -0.4 is 5.32 Å². The fourth-order valence-corrected chi connectivity index (χ4v) is 2.91. The van der Waals surface area contributed by atoms with Crippen molar-refractivity contribution in [1.82, 2.24) is 5.32 Å². The number of thioether (sulfide) groups is 1. The van der Waals surface area contributed by atoms with Gasteiger partial charge in [-0.15, -0.1) is 17.0 Å². The quantitative estimate of drug-likeness (QED) is 0.599. The van der Waals surface area contributed by atoms with Crippen molar-refractivity contribution in [3.8, 4) is 0 Å². The molecule has 1 rings (SSSR count). The largest absolute Gasteiger partial charge is 0.481 e. The van der Waals surface area contributed by atoms with Gasteiger partial charge in [-0.05, 0) is 12.5 Å².